The van der Waals surface area contributed by atoms with Crippen LogP contribution in [0, 0.1) is 0 Å². The van der Waals surface area contributed by atoms with Gasteiger partial charge in [0.25, 0.3) is 0 Å². The van der Waals surface area contributed by atoms with Gasteiger partial charge in [-0.15, -0.1) is 11.3 Å². The quantitative estimate of drug-likeness (QED) is 0.468. The van der Waals surface area contributed by atoms with E-state index >= 15 is 0 Å². The lowest BCUT2D eigenvalue weighted by atomic mass is 10.0. The van der Waals surface area contributed by atoms with Crippen LogP contribution in [0.15, 0.2) is 75.3 Å². The van der Waals surface area contributed by atoms with Gasteiger partial charge in [0.05, 0.1) is 18.1 Å². The van der Waals surface area contributed by atoms with Crippen molar-refractivity contribution in [2.24, 2.45) is 0 Å². The molecule has 2 aromatic heterocycles. The summed E-state index contributed by atoms with van der Waals surface area (Å²) in [5, 5.41) is 2.55. The van der Waals surface area contributed by atoms with Crippen LogP contribution in [-0.4, -0.2) is 7.11 Å². The van der Waals surface area contributed by atoms with Crippen LogP contribution in [0.25, 0.3) is 34.2 Å². The molecule has 0 amide bonds. The van der Waals surface area contributed by atoms with Gasteiger partial charge in [-0.3, -0.25) is 4.79 Å². The minimum Gasteiger partial charge on any atom is -0.497 e. The molecule has 2 aromatic carbocycles. The van der Waals surface area contributed by atoms with Crippen molar-refractivity contribution in [3.63, 3.8) is 0 Å². The van der Waals surface area contributed by atoms with E-state index in [1.54, 1.807) is 36.6 Å². The maximum absolute atomic E-state index is 13.2. The maximum Gasteiger partial charge on any atom is 0.201 e. The molecule has 0 fully saturated rings. The highest BCUT2D eigenvalue weighted by Gasteiger charge is 2.15. The first-order chi connectivity index (χ1) is 12.8. The normalized spacial score (nSPS) is 11.3. The fourth-order valence-electron chi connectivity index (χ4n) is 2.86. The zero-order chi connectivity index (χ0) is 17.9. The first-order valence-corrected chi connectivity index (χ1v) is 9.06. The molecule has 0 saturated carbocycles. The van der Waals surface area contributed by atoms with Gasteiger partial charge in [-0.1, -0.05) is 36.4 Å². The topological polar surface area (TPSA) is 39.4 Å². The lowest BCUT2D eigenvalue weighted by molar-refractivity contribution is 0.414. The summed E-state index contributed by atoms with van der Waals surface area (Å²) < 4.78 is 11.4. The molecule has 4 heteroatoms. The van der Waals surface area contributed by atoms with Crippen molar-refractivity contribution < 1.29 is 9.15 Å². The van der Waals surface area contributed by atoms with E-state index in [-0.39, 0.29) is 5.43 Å². The lowest BCUT2D eigenvalue weighted by Crippen LogP contribution is -2.07. The Kier molecular flexibility index (Phi) is 4.42. The third-order valence-electron chi connectivity index (χ3n) is 4.13. The Morgan fingerprint density at radius 3 is 2.58 bits per heavy atom. The summed E-state index contributed by atoms with van der Waals surface area (Å²) in [5.74, 6) is 1.19. The monoisotopic (exact) mass is 360 g/mol. The second-order valence-corrected chi connectivity index (χ2v) is 6.73. The first-order valence-electron chi connectivity index (χ1n) is 8.18. The van der Waals surface area contributed by atoms with Crippen LogP contribution in [0.2, 0.25) is 0 Å². The Morgan fingerprint density at radius 2 is 1.85 bits per heavy atom. The minimum atomic E-state index is -0.0501. The molecule has 4 aromatic rings. The predicted molar refractivity (Wildman–Crippen MR) is 108 cm³/mol. The number of thiophene rings is 1. The van der Waals surface area contributed by atoms with Crippen molar-refractivity contribution in [1.82, 2.24) is 0 Å². The molecule has 0 unspecified atom stereocenters. The SMILES string of the molecule is COc1ccc2c(=O)c(-c3ccccc3)c(/C=C/c3cccs3)oc2c1. The van der Waals surface area contributed by atoms with Crippen molar-refractivity contribution in [3.05, 3.63) is 86.9 Å². The second-order valence-electron chi connectivity index (χ2n) is 5.75. The molecule has 26 heavy (non-hydrogen) atoms. The van der Waals surface area contributed by atoms with Crippen LogP contribution in [-0.2, 0) is 0 Å². The van der Waals surface area contributed by atoms with Gasteiger partial charge in [0, 0.05) is 10.9 Å². The summed E-state index contributed by atoms with van der Waals surface area (Å²) in [6.07, 6.45) is 3.82. The Labute approximate surface area is 154 Å². The van der Waals surface area contributed by atoms with Crippen molar-refractivity contribution in [3.8, 4) is 16.9 Å². The number of hydrogen-bond acceptors (Lipinski definition) is 4. The van der Waals surface area contributed by atoms with Crippen molar-refractivity contribution in [1.29, 1.82) is 0 Å². The number of rotatable bonds is 4. The summed E-state index contributed by atoms with van der Waals surface area (Å²) in [5.41, 5.74) is 1.87. The Balaban J connectivity index is 1.98. The van der Waals surface area contributed by atoms with E-state index in [0.717, 1.165) is 10.4 Å². The average Bonchev–Trinajstić information content (AvgIpc) is 3.20. The number of hydrogen-bond donors (Lipinski definition) is 0. The number of fused-ring (bicyclic) bond motifs is 1. The van der Waals surface area contributed by atoms with Crippen LogP contribution in [0.1, 0.15) is 10.6 Å². The Bertz CT molecular complexity index is 1120. The van der Waals surface area contributed by atoms with E-state index in [0.29, 0.717) is 28.0 Å². The molecule has 0 radical (unpaired) electrons. The second kappa shape index (κ2) is 7.02. The lowest BCUT2D eigenvalue weighted by Gasteiger charge is -2.08. The maximum atomic E-state index is 13.2. The summed E-state index contributed by atoms with van der Waals surface area (Å²) in [6, 6.07) is 18.9. The van der Waals surface area contributed by atoms with Crippen molar-refractivity contribution in [2.45, 2.75) is 0 Å². The van der Waals surface area contributed by atoms with E-state index in [1.165, 1.54) is 0 Å². The van der Waals surface area contributed by atoms with Gasteiger partial charge in [0.1, 0.15) is 17.1 Å². The summed E-state index contributed by atoms with van der Waals surface area (Å²) in [4.78, 5) is 14.3. The molecule has 128 valence electrons. The van der Waals surface area contributed by atoms with Gasteiger partial charge in [-0.05, 0) is 41.3 Å². The van der Waals surface area contributed by atoms with E-state index in [9.17, 15) is 4.79 Å². The molecule has 0 aliphatic heterocycles. The fraction of sp³-hybridized carbons (Fsp3) is 0.0455. The molecular weight excluding hydrogens is 344 g/mol. The molecule has 2 heterocycles. The first kappa shape index (κ1) is 16.4. The minimum absolute atomic E-state index is 0.0501. The molecular formula is C22H16O3S. The molecule has 0 aliphatic carbocycles. The number of ether oxygens (including phenoxy) is 1. The Morgan fingerprint density at radius 1 is 1.00 bits per heavy atom. The van der Waals surface area contributed by atoms with Crippen LogP contribution in [0.5, 0.6) is 5.75 Å². The number of benzene rings is 2. The summed E-state index contributed by atoms with van der Waals surface area (Å²) in [7, 11) is 1.59. The third-order valence-corrected chi connectivity index (χ3v) is 4.97. The molecule has 4 rings (SSSR count). The van der Waals surface area contributed by atoms with Crippen LogP contribution >= 0.6 is 11.3 Å². The standard InChI is InChI=1S/C22H16O3S/c1-24-16-9-11-18-20(14-16)25-19(12-10-17-8-5-13-26-17)21(22(18)23)15-6-3-2-4-7-15/h2-14H,1H3/b12-10+. The molecule has 3 nitrogen and oxygen atoms in total. The zero-order valence-corrected chi connectivity index (χ0v) is 15.0. The molecule has 0 atom stereocenters. The highest BCUT2D eigenvalue weighted by atomic mass is 32.1. The van der Waals surface area contributed by atoms with E-state index in [1.807, 2.05) is 60.0 Å². The predicted octanol–water partition coefficient (Wildman–Crippen LogP) is 5.70. The summed E-state index contributed by atoms with van der Waals surface area (Å²) >= 11 is 1.63. The molecule has 0 aliphatic rings. The van der Waals surface area contributed by atoms with E-state index < -0.39 is 0 Å². The number of methoxy groups -OCH3 is 1. The molecule has 0 bridgehead atoms. The Hall–Kier alpha value is -3.11. The zero-order valence-electron chi connectivity index (χ0n) is 14.1. The largest absolute Gasteiger partial charge is 0.497 e. The van der Waals surface area contributed by atoms with Crippen LogP contribution in [0.3, 0.4) is 0 Å². The van der Waals surface area contributed by atoms with E-state index in [2.05, 4.69) is 0 Å². The van der Waals surface area contributed by atoms with Crippen molar-refractivity contribution >= 4 is 34.5 Å². The van der Waals surface area contributed by atoms with Gasteiger partial charge in [-0.25, -0.2) is 0 Å². The van der Waals surface area contributed by atoms with Crippen LogP contribution < -0.4 is 10.2 Å². The highest BCUT2D eigenvalue weighted by Crippen LogP contribution is 2.28. The highest BCUT2D eigenvalue weighted by molar-refractivity contribution is 7.10. The van der Waals surface area contributed by atoms with Gasteiger partial charge in [0.2, 0.25) is 5.43 Å². The molecule has 0 saturated heterocycles. The molecule has 0 spiro atoms. The third kappa shape index (κ3) is 3.07. The van der Waals surface area contributed by atoms with Gasteiger partial charge >= 0.3 is 0 Å². The van der Waals surface area contributed by atoms with Crippen molar-refractivity contribution in [2.75, 3.05) is 7.11 Å². The fourth-order valence-corrected chi connectivity index (χ4v) is 3.48. The smallest absolute Gasteiger partial charge is 0.201 e. The van der Waals surface area contributed by atoms with Gasteiger partial charge < -0.3 is 9.15 Å². The van der Waals surface area contributed by atoms with Crippen LogP contribution in [0.4, 0.5) is 0 Å². The van der Waals surface area contributed by atoms with Gasteiger partial charge in [0.15, 0.2) is 0 Å². The van der Waals surface area contributed by atoms with Gasteiger partial charge in [-0.2, -0.15) is 0 Å². The average molecular weight is 360 g/mol. The van der Waals surface area contributed by atoms with E-state index in [4.69, 9.17) is 9.15 Å². The molecule has 0 N–H and O–H groups in total. The summed E-state index contributed by atoms with van der Waals surface area (Å²) in [6.45, 7) is 0.